The predicted molar refractivity (Wildman–Crippen MR) is 46.5 cm³/mol. The molecule has 0 bridgehead atoms. The summed E-state index contributed by atoms with van der Waals surface area (Å²) in [6.07, 6.45) is 2.39. The molecule has 0 fully saturated rings. The summed E-state index contributed by atoms with van der Waals surface area (Å²) in [7, 11) is -5.17. The molecule has 0 saturated heterocycles. The standard InChI is InChI=1S/C5H11NO2S.Fe.H2O4S/c1-9-3-2-4(6)5(7)8;;1-5(2,3)4/h4H,2-3,6H2,1H3,(H,7,8);;(H2,1,2,3,4)/q;+3;/p-3/t4-;;/m0../s1. The Balaban J connectivity index is -0.000000208. The smallest absolute Gasteiger partial charge is 0.759 e. The second kappa shape index (κ2) is 10.7. The number of nitrogens with two attached hydrogens (primary N) is 1. The zero-order chi connectivity index (χ0) is 11.8. The van der Waals surface area contributed by atoms with E-state index in [-0.39, 0.29) is 17.1 Å². The first-order chi connectivity index (χ1) is 6.18. The summed E-state index contributed by atoms with van der Waals surface area (Å²) in [5, 5.41) is 9.96. The van der Waals surface area contributed by atoms with Crippen LogP contribution < -0.4 is 10.8 Å². The third-order valence-electron chi connectivity index (χ3n) is 0.936. The van der Waals surface area contributed by atoms with Crippen LogP contribution in [0.3, 0.4) is 0 Å². The molecule has 7 nitrogen and oxygen atoms in total. The first-order valence-electron chi connectivity index (χ1n) is 3.30. The van der Waals surface area contributed by atoms with Gasteiger partial charge in [-0.25, -0.2) is 0 Å². The number of hydrogen-bond donors (Lipinski definition) is 1. The second-order valence-electron chi connectivity index (χ2n) is 2.12. The zero-order valence-corrected chi connectivity index (χ0v) is 10.4. The van der Waals surface area contributed by atoms with Gasteiger partial charge in [0.25, 0.3) is 0 Å². The van der Waals surface area contributed by atoms with Gasteiger partial charge in [0, 0.05) is 16.4 Å². The van der Waals surface area contributed by atoms with Crippen LogP contribution in [0.2, 0.25) is 0 Å². The van der Waals surface area contributed by atoms with E-state index < -0.39 is 22.4 Å². The molecule has 15 heavy (non-hydrogen) atoms. The van der Waals surface area contributed by atoms with Crippen LogP contribution in [0, 0.1) is 0 Å². The topological polar surface area (TPSA) is 146 Å². The number of carboxylic acids is 1. The van der Waals surface area contributed by atoms with E-state index in [1.807, 2.05) is 6.26 Å². The summed E-state index contributed by atoms with van der Waals surface area (Å²) >= 11 is 1.58. The zero-order valence-electron chi connectivity index (χ0n) is 7.69. The molecular formula is C5H10FeNO6S2. The van der Waals surface area contributed by atoms with Gasteiger partial charge >= 0.3 is 17.1 Å². The molecule has 0 unspecified atom stereocenters. The summed E-state index contributed by atoms with van der Waals surface area (Å²) in [6, 6.07) is -0.794. The van der Waals surface area contributed by atoms with Gasteiger partial charge in [0.05, 0.1) is 5.97 Å². The van der Waals surface area contributed by atoms with Crippen LogP contribution in [0.5, 0.6) is 0 Å². The van der Waals surface area contributed by atoms with Crippen molar-refractivity contribution < 1.29 is 44.5 Å². The fraction of sp³-hybridized carbons (Fsp3) is 0.800. The van der Waals surface area contributed by atoms with Crippen molar-refractivity contribution in [1.29, 1.82) is 0 Å². The Morgan fingerprint density at radius 2 is 1.80 bits per heavy atom. The molecule has 0 amide bonds. The first kappa shape index (κ1) is 20.6. The average Bonchev–Trinajstić information content (AvgIpc) is 1.96. The molecule has 0 aromatic heterocycles. The Hall–Kier alpha value is 0.169. The Morgan fingerprint density at radius 3 is 2.00 bits per heavy atom. The molecule has 0 aromatic carbocycles. The van der Waals surface area contributed by atoms with E-state index in [9.17, 15) is 9.90 Å². The van der Waals surface area contributed by atoms with Gasteiger partial charge < -0.3 is 24.7 Å². The summed E-state index contributed by atoms with van der Waals surface area (Å²) in [5.74, 6) is -0.390. The number of rotatable bonds is 4. The number of carbonyl (C=O) groups excluding carboxylic acids is 1. The van der Waals surface area contributed by atoms with Crippen molar-refractivity contribution >= 4 is 28.1 Å². The molecule has 1 atom stereocenters. The number of carbonyl (C=O) groups is 1. The van der Waals surface area contributed by atoms with Crippen molar-refractivity contribution in [3.8, 4) is 0 Å². The Morgan fingerprint density at radius 1 is 1.47 bits per heavy atom. The Labute approximate surface area is 103 Å². The van der Waals surface area contributed by atoms with Crippen molar-refractivity contribution in [2.75, 3.05) is 12.0 Å². The second-order valence-corrected chi connectivity index (χ2v) is 3.92. The molecule has 0 heterocycles. The number of carboxylic acid groups (broad SMARTS) is 1. The van der Waals surface area contributed by atoms with Crippen LogP contribution in [-0.2, 0) is 32.3 Å². The van der Waals surface area contributed by atoms with E-state index in [0.29, 0.717) is 6.42 Å². The molecule has 2 N–H and O–H groups in total. The van der Waals surface area contributed by atoms with Crippen LogP contribution in [0.15, 0.2) is 0 Å². The molecule has 0 spiro atoms. The van der Waals surface area contributed by atoms with Crippen molar-refractivity contribution in [1.82, 2.24) is 0 Å². The molecule has 0 aromatic rings. The number of hydrogen-bond acceptors (Lipinski definition) is 8. The summed E-state index contributed by atoms with van der Waals surface area (Å²) < 4.78 is 34.1. The van der Waals surface area contributed by atoms with Gasteiger partial charge in [-0.05, 0) is 18.4 Å². The van der Waals surface area contributed by atoms with Crippen LogP contribution in [0.4, 0.5) is 0 Å². The fourth-order valence-corrected chi connectivity index (χ4v) is 0.852. The number of thioether (sulfide) groups is 1. The summed E-state index contributed by atoms with van der Waals surface area (Å²) in [6.45, 7) is 0. The monoisotopic (exact) mass is 300 g/mol. The van der Waals surface area contributed by atoms with Gasteiger partial charge in [0.15, 0.2) is 0 Å². The van der Waals surface area contributed by atoms with E-state index in [0.717, 1.165) is 5.75 Å². The van der Waals surface area contributed by atoms with Crippen molar-refractivity contribution in [2.45, 2.75) is 12.5 Å². The Bertz CT molecular complexity index is 248. The van der Waals surface area contributed by atoms with Gasteiger partial charge in [-0.1, -0.05) is 0 Å². The van der Waals surface area contributed by atoms with Crippen molar-refractivity contribution in [2.24, 2.45) is 5.73 Å². The SMILES string of the molecule is CSCC[C@H](N)C(=O)[O-].O=S(=O)([O-])[O-].[Fe+3]. The van der Waals surface area contributed by atoms with Gasteiger partial charge in [0.1, 0.15) is 0 Å². The minimum Gasteiger partial charge on any atom is -0.759 e. The molecule has 1 radical (unpaired) electrons. The fourth-order valence-electron chi connectivity index (χ4n) is 0.363. The van der Waals surface area contributed by atoms with Crippen LogP contribution in [0.25, 0.3) is 0 Å². The molecule has 0 saturated carbocycles. The van der Waals surface area contributed by atoms with E-state index in [2.05, 4.69) is 0 Å². The van der Waals surface area contributed by atoms with Crippen molar-refractivity contribution in [3.63, 3.8) is 0 Å². The van der Waals surface area contributed by atoms with E-state index in [4.69, 9.17) is 23.3 Å². The molecule has 0 aliphatic carbocycles. The van der Waals surface area contributed by atoms with E-state index in [1.165, 1.54) is 0 Å². The Kier molecular flexibility index (Phi) is 14.6. The molecule has 0 aliphatic rings. The molecule has 0 rings (SSSR count). The largest absolute Gasteiger partial charge is 3.00 e. The predicted octanol–water partition coefficient (Wildman–Crippen LogP) is -2.52. The average molecular weight is 300 g/mol. The first-order valence-corrected chi connectivity index (χ1v) is 6.03. The molecule has 0 aliphatic heterocycles. The van der Waals surface area contributed by atoms with E-state index in [1.54, 1.807) is 11.8 Å². The number of aliphatic carboxylic acids is 1. The maximum atomic E-state index is 9.96. The summed E-state index contributed by atoms with van der Waals surface area (Å²) in [5.41, 5.74) is 5.13. The van der Waals surface area contributed by atoms with Gasteiger partial charge in [-0.15, -0.1) is 0 Å². The summed E-state index contributed by atoms with van der Waals surface area (Å²) in [4.78, 5) is 9.96. The third-order valence-corrected chi connectivity index (χ3v) is 1.58. The quantitative estimate of drug-likeness (QED) is 0.340. The van der Waals surface area contributed by atoms with Crippen LogP contribution in [0.1, 0.15) is 6.42 Å². The van der Waals surface area contributed by atoms with E-state index >= 15 is 0 Å². The third kappa shape index (κ3) is 31.4. The minimum atomic E-state index is -5.17. The van der Waals surface area contributed by atoms with Crippen LogP contribution in [-0.4, -0.2) is 41.5 Å². The molecule has 91 valence electrons. The van der Waals surface area contributed by atoms with Crippen LogP contribution >= 0.6 is 11.8 Å². The molecule has 10 heteroatoms. The minimum absolute atomic E-state index is 0. The van der Waals surface area contributed by atoms with Gasteiger partial charge in [-0.2, -0.15) is 11.8 Å². The van der Waals surface area contributed by atoms with Gasteiger partial charge in [0.2, 0.25) is 0 Å². The van der Waals surface area contributed by atoms with Crippen molar-refractivity contribution in [3.05, 3.63) is 0 Å². The maximum absolute atomic E-state index is 9.96. The normalized spacial score (nSPS) is 11.7. The van der Waals surface area contributed by atoms with Gasteiger partial charge in [-0.3, -0.25) is 8.42 Å². The maximum Gasteiger partial charge on any atom is 3.00 e. The molecular weight excluding hydrogens is 290 g/mol.